The normalized spacial score (nSPS) is 14.3. The van der Waals surface area contributed by atoms with Crippen molar-refractivity contribution in [1.29, 1.82) is 0 Å². The van der Waals surface area contributed by atoms with Gasteiger partial charge in [-0.2, -0.15) is 4.57 Å². The molecule has 0 saturated heterocycles. The summed E-state index contributed by atoms with van der Waals surface area (Å²) in [5.74, 6) is 1.39. The maximum absolute atomic E-state index is 6.06. The molecule has 0 fully saturated rings. The number of imidazole rings is 1. The number of hydrogen-bond donors (Lipinski definition) is 0. The average Bonchev–Trinajstić information content (AvgIpc) is 2.78. The molecule has 3 aromatic rings. The molecule has 0 radical (unpaired) electrons. The molecule has 2 aromatic carbocycles. The number of hydrogen-bond acceptors (Lipinski definition) is 0. The maximum Gasteiger partial charge on any atom is 0.262 e. The van der Waals surface area contributed by atoms with Crippen LogP contribution in [0.4, 0.5) is 0 Å². The molecule has 0 aliphatic carbocycles. The number of halogens is 1. The molecule has 0 N–H and O–H groups in total. The lowest BCUT2D eigenvalue weighted by Crippen LogP contribution is -2.38. The molecule has 0 atom stereocenters. The lowest BCUT2D eigenvalue weighted by Gasteiger charge is -2.03. The van der Waals surface area contributed by atoms with Crippen molar-refractivity contribution in [3.05, 3.63) is 71.6 Å². The fourth-order valence-electron chi connectivity index (χ4n) is 3.43. The highest BCUT2D eigenvalue weighted by Crippen LogP contribution is 2.24. The van der Waals surface area contributed by atoms with E-state index in [1.807, 2.05) is 12.1 Å². The summed E-state index contributed by atoms with van der Waals surface area (Å²) >= 11 is 6.06. The van der Waals surface area contributed by atoms with E-state index in [9.17, 15) is 0 Å². The van der Waals surface area contributed by atoms with Gasteiger partial charge in [0.15, 0.2) is 5.69 Å². The fourth-order valence-corrected chi connectivity index (χ4v) is 3.56. The number of aromatic nitrogens is 2. The van der Waals surface area contributed by atoms with Gasteiger partial charge in [0.1, 0.15) is 11.9 Å². The van der Waals surface area contributed by atoms with Crippen molar-refractivity contribution in [3.63, 3.8) is 0 Å². The van der Waals surface area contributed by atoms with Gasteiger partial charge >= 0.3 is 0 Å². The molecule has 23 heavy (non-hydrogen) atoms. The Morgan fingerprint density at radius 2 is 1.65 bits per heavy atom. The second-order valence-corrected chi connectivity index (χ2v) is 6.54. The van der Waals surface area contributed by atoms with Gasteiger partial charge in [-0.15, -0.1) is 0 Å². The van der Waals surface area contributed by atoms with Crippen LogP contribution in [0.3, 0.4) is 0 Å². The Morgan fingerprint density at radius 1 is 0.870 bits per heavy atom. The van der Waals surface area contributed by atoms with E-state index in [2.05, 4.69) is 57.8 Å². The largest absolute Gasteiger partial charge is 0.262 e. The molecular formula is C20H20ClN2+. The summed E-state index contributed by atoms with van der Waals surface area (Å²) in [5.41, 5.74) is 3.77. The van der Waals surface area contributed by atoms with E-state index in [0.29, 0.717) is 0 Å². The van der Waals surface area contributed by atoms with Crippen LogP contribution in [-0.4, -0.2) is 4.57 Å². The first-order valence-corrected chi connectivity index (χ1v) is 8.66. The lowest BCUT2D eigenvalue weighted by molar-refractivity contribution is -0.692. The van der Waals surface area contributed by atoms with Gasteiger partial charge in [0.25, 0.3) is 5.82 Å². The molecule has 0 amide bonds. The zero-order valence-electron chi connectivity index (χ0n) is 13.1. The smallest absolute Gasteiger partial charge is 0.227 e. The van der Waals surface area contributed by atoms with Gasteiger partial charge in [0.2, 0.25) is 0 Å². The Hall–Kier alpha value is -2.06. The molecule has 0 spiro atoms. The Kier molecular flexibility index (Phi) is 3.92. The van der Waals surface area contributed by atoms with Crippen LogP contribution in [0.2, 0.25) is 5.02 Å². The van der Waals surface area contributed by atoms with Crippen LogP contribution in [0.1, 0.15) is 25.1 Å². The van der Waals surface area contributed by atoms with Crippen molar-refractivity contribution in [1.82, 2.24) is 4.57 Å². The first kappa shape index (κ1) is 14.5. The van der Waals surface area contributed by atoms with Gasteiger partial charge in [-0.3, -0.25) is 0 Å². The minimum atomic E-state index is 0.780. The molecule has 1 aromatic heterocycles. The highest BCUT2D eigenvalue weighted by Gasteiger charge is 2.26. The van der Waals surface area contributed by atoms with Crippen molar-refractivity contribution >= 4 is 11.6 Å². The fraction of sp³-hybridized carbons (Fsp3) is 0.250. The van der Waals surface area contributed by atoms with Gasteiger partial charge in [-0.05, 0) is 43.5 Å². The SMILES string of the molecule is Clc1ccc(-n2cc(-c3ccccc3)[n+]3c2CCCCC3)cc1. The topological polar surface area (TPSA) is 8.81 Å². The summed E-state index contributed by atoms with van der Waals surface area (Å²) in [6.07, 6.45) is 7.21. The molecule has 0 bridgehead atoms. The summed E-state index contributed by atoms with van der Waals surface area (Å²) in [7, 11) is 0. The van der Waals surface area contributed by atoms with Crippen molar-refractivity contribution in [3.8, 4) is 16.9 Å². The molecule has 0 saturated carbocycles. The minimum Gasteiger partial charge on any atom is -0.227 e. The Balaban J connectivity index is 1.89. The van der Waals surface area contributed by atoms with E-state index in [1.165, 1.54) is 42.0 Å². The van der Waals surface area contributed by atoms with Crippen LogP contribution in [0, 0.1) is 0 Å². The summed E-state index contributed by atoms with van der Waals surface area (Å²) < 4.78 is 4.83. The molecule has 3 heteroatoms. The number of nitrogens with zero attached hydrogens (tertiary/aromatic N) is 2. The zero-order valence-corrected chi connectivity index (χ0v) is 13.8. The van der Waals surface area contributed by atoms with Crippen LogP contribution >= 0.6 is 11.6 Å². The average molecular weight is 324 g/mol. The van der Waals surface area contributed by atoms with Crippen molar-refractivity contribution < 1.29 is 4.57 Å². The minimum absolute atomic E-state index is 0.780. The lowest BCUT2D eigenvalue weighted by atomic mass is 10.1. The van der Waals surface area contributed by atoms with E-state index in [1.54, 1.807) is 0 Å². The van der Waals surface area contributed by atoms with E-state index in [-0.39, 0.29) is 0 Å². The monoisotopic (exact) mass is 323 g/mol. The summed E-state index contributed by atoms with van der Waals surface area (Å²) in [4.78, 5) is 0. The van der Waals surface area contributed by atoms with Gasteiger partial charge in [0.05, 0.1) is 6.54 Å². The van der Waals surface area contributed by atoms with Gasteiger partial charge in [-0.1, -0.05) is 41.9 Å². The maximum atomic E-state index is 6.06. The Labute approximate surface area is 142 Å². The highest BCUT2D eigenvalue weighted by molar-refractivity contribution is 6.30. The molecule has 1 aliphatic rings. The van der Waals surface area contributed by atoms with Crippen LogP contribution in [0.25, 0.3) is 16.9 Å². The highest BCUT2D eigenvalue weighted by atomic mass is 35.5. The molecular weight excluding hydrogens is 304 g/mol. The molecule has 116 valence electrons. The van der Waals surface area contributed by atoms with Gasteiger partial charge in [0, 0.05) is 17.0 Å². The quantitative estimate of drug-likeness (QED) is 0.598. The summed E-state index contributed by atoms with van der Waals surface area (Å²) in [5, 5.41) is 0.780. The predicted octanol–water partition coefficient (Wildman–Crippen LogP) is 4.81. The van der Waals surface area contributed by atoms with Gasteiger partial charge < -0.3 is 0 Å². The third kappa shape index (κ3) is 2.79. The predicted molar refractivity (Wildman–Crippen MR) is 94.0 cm³/mol. The van der Waals surface area contributed by atoms with Crippen LogP contribution in [0.15, 0.2) is 60.8 Å². The first-order chi connectivity index (χ1) is 11.3. The summed E-state index contributed by atoms with van der Waals surface area (Å²) in [6.45, 7) is 1.10. The summed E-state index contributed by atoms with van der Waals surface area (Å²) in [6, 6.07) is 18.8. The molecule has 0 unspecified atom stereocenters. The van der Waals surface area contributed by atoms with Gasteiger partial charge in [-0.25, -0.2) is 4.57 Å². The van der Waals surface area contributed by atoms with Crippen molar-refractivity contribution in [2.24, 2.45) is 0 Å². The van der Waals surface area contributed by atoms with E-state index < -0.39 is 0 Å². The standard InChI is InChI=1S/C20H20ClN2/c21-17-10-12-18(13-11-17)23-15-19(16-7-3-1-4-8-16)22-14-6-2-5-9-20(22)23/h1,3-4,7-8,10-13,15H,2,5-6,9,14H2/q+1. The van der Waals surface area contributed by atoms with Crippen LogP contribution < -0.4 is 4.57 Å². The third-order valence-corrected chi connectivity index (χ3v) is 4.84. The van der Waals surface area contributed by atoms with E-state index in [0.717, 1.165) is 18.0 Å². The molecule has 1 aliphatic heterocycles. The second-order valence-electron chi connectivity index (χ2n) is 6.11. The third-order valence-electron chi connectivity index (χ3n) is 4.59. The number of rotatable bonds is 2. The number of fused-ring (bicyclic) bond motifs is 1. The van der Waals surface area contributed by atoms with E-state index in [4.69, 9.17) is 11.6 Å². The Bertz CT molecular complexity index is 804. The van der Waals surface area contributed by atoms with Crippen molar-refractivity contribution in [2.75, 3.05) is 0 Å². The number of benzene rings is 2. The first-order valence-electron chi connectivity index (χ1n) is 8.28. The van der Waals surface area contributed by atoms with E-state index >= 15 is 0 Å². The Morgan fingerprint density at radius 3 is 2.43 bits per heavy atom. The van der Waals surface area contributed by atoms with Crippen LogP contribution in [0.5, 0.6) is 0 Å². The second kappa shape index (κ2) is 6.21. The molecule has 2 heterocycles. The molecule has 2 nitrogen and oxygen atoms in total. The molecule has 4 rings (SSSR count). The van der Waals surface area contributed by atoms with Crippen LogP contribution in [-0.2, 0) is 13.0 Å². The zero-order chi connectivity index (χ0) is 15.6. The van der Waals surface area contributed by atoms with Crippen molar-refractivity contribution in [2.45, 2.75) is 32.2 Å².